The molecule has 0 unspecified atom stereocenters. The molecule has 82 valence electrons. The molecule has 1 aliphatic carbocycles. The first kappa shape index (κ1) is 10.6. The summed E-state index contributed by atoms with van der Waals surface area (Å²) in [4.78, 5) is 16.3. The van der Waals surface area contributed by atoms with Gasteiger partial charge < -0.3 is 4.74 Å². The highest BCUT2D eigenvalue weighted by Crippen LogP contribution is 2.45. The number of hydrogen-bond acceptors (Lipinski definition) is 4. The lowest BCUT2D eigenvalue weighted by Gasteiger charge is -2.36. The maximum atomic E-state index is 11.8. The monoisotopic (exact) mass is 225 g/mol. The van der Waals surface area contributed by atoms with E-state index in [0.29, 0.717) is 0 Å². The van der Waals surface area contributed by atoms with Crippen LogP contribution in [0, 0.1) is 0 Å². The fraction of sp³-hybridized carbons (Fsp3) is 0.636. The van der Waals surface area contributed by atoms with Gasteiger partial charge in [-0.3, -0.25) is 4.79 Å². The number of esters is 1. The van der Waals surface area contributed by atoms with Crippen molar-refractivity contribution >= 4 is 17.3 Å². The molecule has 0 radical (unpaired) electrons. The third-order valence-corrected chi connectivity index (χ3v) is 4.20. The highest BCUT2D eigenvalue weighted by Gasteiger charge is 2.49. The van der Waals surface area contributed by atoms with E-state index in [1.165, 1.54) is 7.11 Å². The Morgan fingerprint density at radius 2 is 2.40 bits per heavy atom. The molecule has 1 saturated carbocycles. The molecule has 0 bridgehead atoms. The molecule has 2 rings (SSSR count). The van der Waals surface area contributed by atoms with Crippen LogP contribution in [0.2, 0.25) is 0 Å². The molecule has 1 aromatic rings. The number of aryl methyl sites for hydroxylation is 1. The van der Waals surface area contributed by atoms with Gasteiger partial charge in [0.1, 0.15) is 10.4 Å². The molecule has 0 N–H and O–H groups in total. The first-order valence-electron chi connectivity index (χ1n) is 5.26. The molecule has 0 atom stereocenters. The minimum atomic E-state index is -0.410. The number of methoxy groups -OCH3 is 1. The second-order valence-electron chi connectivity index (χ2n) is 3.92. The normalized spacial score (nSPS) is 18.3. The van der Waals surface area contributed by atoms with Gasteiger partial charge in [0.15, 0.2) is 0 Å². The summed E-state index contributed by atoms with van der Waals surface area (Å²) in [5.74, 6) is -0.120. The molecule has 1 heterocycles. The summed E-state index contributed by atoms with van der Waals surface area (Å²) in [6.07, 6.45) is 3.79. The fourth-order valence-electron chi connectivity index (χ4n) is 1.92. The first-order chi connectivity index (χ1) is 7.23. The van der Waals surface area contributed by atoms with Crippen LogP contribution in [0.15, 0.2) is 5.38 Å². The standard InChI is InChI=1S/C11H15NO2S/c1-3-8-7-15-9(12-8)11(5-4-6-11)10(13)14-2/h7H,3-6H2,1-2H3. The van der Waals surface area contributed by atoms with Gasteiger partial charge >= 0.3 is 5.97 Å². The second kappa shape index (κ2) is 3.93. The minimum absolute atomic E-state index is 0.120. The van der Waals surface area contributed by atoms with Gasteiger partial charge in [-0.25, -0.2) is 4.98 Å². The minimum Gasteiger partial charge on any atom is -0.468 e. The topological polar surface area (TPSA) is 39.2 Å². The van der Waals surface area contributed by atoms with Crippen LogP contribution in [-0.4, -0.2) is 18.1 Å². The lowest BCUT2D eigenvalue weighted by Crippen LogP contribution is -2.43. The van der Waals surface area contributed by atoms with E-state index in [-0.39, 0.29) is 5.97 Å². The average molecular weight is 225 g/mol. The lowest BCUT2D eigenvalue weighted by atomic mass is 9.69. The molecule has 0 aromatic carbocycles. The van der Waals surface area contributed by atoms with E-state index >= 15 is 0 Å². The largest absolute Gasteiger partial charge is 0.468 e. The highest BCUT2D eigenvalue weighted by molar-refractivity contribution is 7.10. The van der Waals surface area contributed by atoms with Gasteiger partial charge in [-0.15, -0.1) is 11.3 Å². The molecule has 15 heavy (non-hydrogen) atoms. The SMILES string of the molecule is CCc1csc(C2(C(=O)OC)CCC2)n1. The van der Waals surface area contributed by atoms with Gasteiger partial charge in [0, 0.05) is 5.38 Å². The zero-order valence-electron chi connectivity index (χ0n) is 9.08. The van der Waals surface area contributed by atoms with E-state index in [4.69, 9.17) is 4.74 Å². The number of thiazole rings is 1. The van der Waals surface area contributed by atoms with Crippen molar-refractivity contribution in [2.75, 3.05) is 7.11 Å². The Labute approximate surface area is 93.5 Å². The van der Waals surface area contributed by atoms with Gasteiger partial charge in [-0.05, 0) is 19.3 Å². The summed E-state index contributed by atoms with van der Waals surface area (Å²) in [6.45, 7) is 2.07. The van der Waals surface area contributed by atoms with E-state index in [2.05, 4.69) is 11.9 Å². The van der Waals surface area contributed by atoms with Crippen LogP contribution >= 0.6 is 11.3 Å². The third-order valence-electron chi connectivity index (χ3n) is 3.11. The summed E-state index contributed by atoms with van der Waals surface area (Å²) in [5.41, 5.74) is 0.664. The second-order valence-corrected chi connectivity index (χ2v) is 4.78. The number of hydrogen-bond donors (Lipinski definition) is 0. The summed E-state index contributed by atoms with van der Waals surface area (Å²) in [6, 6.07) is 0. The maximum Gasteiger partial charge on any atom is 0.318 e. The zero-order chi connectivity index (χ0) is 10.9. The Hall–Kier alpha value is -0.900. The quantitative estimate of drug-likeness (QED) is 0.741. The molecule has 0 saturated heterocycles. The molecular weight excluding hydrogens is 210 g/mol. The molecule has 3 nitrogen and oxygen atoms in total. The number of carbonyl (C=O) groups excluding carboxylic acids is 1. The van der Waals surface area contributed by atoms with Gasteiger partial charge in [-0.1, -0.05) is 13.3 Å². The van der Waals surface area contributed by atoms with E-state index in [1.807, 2.05) is 5.38 Å². The summed E-state index contributed by atoms with van der Waals surface area (Å²) in [5, 5.41) is 2.98. The van der Waals surface area contributed by atoms with Crippen LogP contribution < -0.4 is 0 Å². The fourth-order valence-corrected chi connectivity index (χ4v) is 3.07. The summed E-state index contributed by atoms with van der Waals surface area (Å²) >= 11 is 1.59. The van der Waals surface area contributed by atoms with Crippen LogP contribution in [0.3, 0.4) is 0 Å². The summed E-state index contributed by atoms with van der Waals surface area (Å²) < 4.78 is 4.88. The van der Waals surface area contributed by atoms with Crippen LogP contribution in [0.25, 0.3) is 0 Å². The molecule has 4 heteroatoms. The van der Waals surface area contributed by atoms with E-state index < -0.39 is 5.41 Å². The molecular formula is C11H15NO2S. The van der Waals surface area contributed by atoms with E-state index in [1.54, 1.807) is 11.3 Å². The summed E-state index contributed by atoms with van der Waals surface area (Å²) in [7, 11) is 1.46. The van der Waals surface area contributed by atoms with Crippen LogP contribution in [0.1, 0.15) is 36.9 Å². The molecule has 1 aromatic heterocycles. The first-order valence-corrected chi connectivity index (χ1v) is 6.14. The van der Waals surface area contributed by atoms with Crippen molar-refractivity contribution in [2.45, 2.75) is 38.0 Å². The zero-order valence-corrected chi connectivity index (χ0v) is 9.89. The number of nitrogens with zero attached hydrogens (tertiary/aromatic N) is 1. The Morgan fingerprint density at radius 1 is 1.67 bits per heavy atom. The Kier molecular flexibility index (Phi) is 2.78. The average Bonchev–Trinajstić information content (AvgIpc) is 2.64. The Balaban J connectivity index is 2.29. The predicted octanol–water partition coefficient (Wildman–Crippen LogP) is 2.30. The maximum absolute atomic E-state index is 11.8. The number of carbonyl (C=O) groups is 1. The van der Waals surface area contributed by atoms with Crippen molar-refractivity contribution in [3.8, 4) is 0 Å². The van der Waals surface area contributed by atoms with Crippen LogP contribution in [-0.2, 0) is 21.4 Å². The van der Waals surface area contributed by atoms with Gasteiger partial charge in [0.2, 0.25) is 0 Å². The molecule has 0 aliphatic heterocycles. The van der Waals surface area contributed by atoms with Crippen molar-refractivity contribution < 1.29 is 9.53 Å². The Morgan fingerprint density at radius 3 is 2.80 bits per heavy atom. The van der Waals surface area contributed by atoms with Crippen molar-refractivity contribution in [3.05, 3.63) is 16.1 Å². The number of ether oxygens (including phenoxy) is 1. The highest BCUT2D eigenvalue weighted by atomic mass is 32.1. The van der Waals surface area contributed by atoms with Crippen molar-refractivity contribution in [1.82, 2.24) is 4.98 Å². The third kappa shape index (κ3) is 1.57. The van der Waals surface area contributed by atoms with E-state index in [9.17, 15) is 4.79 Å². The lowest BCUT2D eigenvalue weighted by molar-refractivity contribution is -0.151. The predicted molar refractivity (Wildman–Crippen MR) is 59.0 cm³/mol. The van der Waals surface area contributed by atoms with E-state index in [0.717, 1.165) is 36.4 Å². The van der Waals surface area contributed by atoms with Gasteiger partial charge in [0.05, 0.1) is 12.8 Å². The number of aromatic nitrogens is 1. The van der Waals surface area contributed by atoms with Crippen molar-refractivity contribution in [1.29, 1.82) is 0 Å². The van der Waals surface area contributed by atoms with Gasteiger partial charge in [-0.2, -0.15) is 0 Å². The molecule has 0 spiro atoms. The van der Waals surface area contributed by atoms with Crippen LogP contribution in [0.5, 0.6) is 0 Å². The molecule has 0 amide bonds. The van der Waals surface area contributed by atoms with Crippen LogP contribution in [0.4, 0.5) is 0 Å². The smallest absolute Gasteiger partial charge is 0.318 e. The van der Waals surface area contributed by atoms with Crippen molar-refractivity contribution in [2.24, 2.45) is 0 Å². The number of rotatable bonds is 3. The van der Waals surface area contributed by atoms with Crippen molar-refractivity contribution in [3.63, 3.8) is 0 Å². The molecule has 1 aliphatic rings. The van der Waals surface area contributed by atoms with Gasteiger partial charge in [0.25, 0.3) is 0 Å². The Bertz CT molecular complexity index is 368. The molecule has 1 fully saturated rings.